The van der Waals surface area contributed by atoms with Crippen molar-refractivity contribution in [1.82, 2.24) is 9.80 Å². The first kappa shape index (κ1) is 89.5. The Morgan fingerprint density at radius 3 is 0.866 bits per heavy atom. The number of anilines is 6. The van der Waals surface area contributed by atoms with E-state index in [1.54, 1.807) is 0 Å². The molecule has 4 aliphatic heterocycles. The molecule has 0 unspecified atom stereocenters. The molecule has 0 radical (unpaired) electrons. The van der Waals surface area contributed by atoms with Gasteiger partial charge in [-0.1, -0.05) is 38.1 Å². The van der Waals surface area contributed by atoms with Crippen molar-refractivity contribution < 1.29 is 46.3 Å². The number of hydrogen-bond acceptors (Lipinski definition) is 20. The van der Waals surface area contributed by atoms with Crippen LogP contribution >= 0.6 is 0 Å². The number of imide groups is 2. The normalized spacial score (nSPS) is 14.5. The van der Waals surface area contributed by atoms with Gasteiger partial charge in [-0.3, -0.25) is 29.0 Å². The van der Waals surface area contributed by atoms with Gasteiger partial charge in [0.15, 0.2) is 0 Å². The number of aryl methyl sites for hydroxylation is 8. The highest BCUT2D eigenvalue weighted by molar-refractivity contribution is 6.44. The smallest absolute Gasteiger partial charge is 0.336 e. The molecule has 2 saturated heterocycles. The van der Waals surface area contributed by atoms with E-state index in [4.69, 9.17) is 27.1 Å². The van der Waals surface area contributed by atoms with Gasteiger partial charge in [0.05, 0.1) is 24.3 Å². The number of benzene rings is 11. The fourth-order valence-electron chi connectivity index (χ4n) is 22.0. The van der Waals surface area contributed by atoms with Crippen LogP contribution in [0.4, 0.5) is 34.1 Å². The van der Waals surface area contributed by atoms with Gasteiger partial charge in [-0.2, -0.15) is 0 Å². The largest absolute Gasteiger partial charge is 0.494 e. The second-order valence-corrected chi connectivity index (χ2v) is 37.7. The third-order valence-corrected chi connectivity index (χ3v) is 28.9. The van der Waals surface area contributed by atoms with Gasteiger partial charge in [0.25, 0.3) is 23.6 Å². The Hall–Kier alpha value is -13.8. The zero-order chi connectivity index (χ0) is 93.7. The molecule has 11 aromatic carbocycles. The molecule has 4 aromatic heterocycles. The summed E-state index contributed by atoms with van der Waals surface area (Å²) in [7, 11) is 0. The molecule has 0 atom stereocenters. The summed E-state index contributed by atoms with van der Waals surface area (Å²) < 4.78 is 37.1. The highest BCUT2D eigenvalue weighted by Gasteiger charge is 2.41. The maximum atomic E-state index is 15.4. The van der Waals surface area contributed by atoms with Crippen molar-refractivity contribution in [3.63, 3.8) is 0 Å². The van der Waals surface area contributed by atoms with Crippen LogP contribution in [0.2, 0.25) is 0 Å². The van der Waals surface area contributed by atoms with Crippen LogP contribution in [0.15, 0.2) is 182 Å². The van der Waals surface area contributed by atoms with Crippen LogP contribution in [0, 0.1) is 67.2 Å². The fourth-order valence-corrected chi connectivity index (χ4v) is 22.0. The van der Waals surface area contributed by atoms with Crippen LogP contribution in [0.3, 0.4) is 0 Å². The zero-order valence-electron chi connectivity index (χ0n) is 79.3. The van der Waals surface area contributed by atoms with Crippen molar-refractivity contribution in [2.24, 2.45) is 11.8 Å². The number of ether oxygens (including phenoxy) is 2. The second kappa shape index (κ2) is 36.3. The van der Waals surface area contributed by atoms with E-state index in [1.807, 2.05) is 90.1 Å². The third-order valence-electron chi connectivity index (χ3n) is 28.9. The van der Waals surface area contributed by atoms with Crippen molar-refractivity contribution in [3.05, 3.63) is 276 Å². The minimum Gasteiger partial charge on any atom is -0.494 e. The summed E-state index contributed by atoms with van der Waals surface area (Å²) >= 11 is 0. The van der Waals surface area contributed by atoms with Crippen LogP contribution < -0.4 is 61.4 Å². The molecule has 0 saturated carbocycles. The summed E-state index contributed by atoms with van der Waals surface area (Å²) in [6.07, 6.45) is 6.03. The Labute approximate surface area is 778 Å². The van der Waals surface area contributed by atoms with E-state index in [0.29, 0.717) is 160 Å². The molecule has 0 spiro atoms. The van der Waals surface area contributed by atoms with E-state index >= 15 is 19.2 Å². The second-order valence-electron chi connectivity index (χ2n) is 37.7. The van der Waals surface area contributed by atoms with Crippen LogP contribution in [0.25, 0.3) is 87.0 Å². The van der Waals surface area contributed by atoms with Gasteiger partial charge in [-0.25, -0.2) is 19.2 Å². The van der Waals surface area contributed by atoms with Gasteiger partial charge in [-0.15, -0.1) is 0 Å². The quantitative estimate of drug-likeness (QED) is 0.0176. The number of amides is 4. The molecular formula is C112H116N8O14. The van der Waals surface area contributed by atoms with Crippen molar-refractivity contribution in [2.75, 3.05) is 108 Å². The molecule has 4 aliphatic rings. The molecule has 8 heterocycles. The molecule has 688 valence electrons. The lowest BCUT2D eigenvalue weighted by molar-refractivity contribution is 0.0595. The molecular weight excluding hydrogens is 1680 g/mol. The summed E-state index contributed by atoms with van der Waals surface area (Å²) in [5.41, 5.74) is 20.1. The van der Waals surface area contributed by atoms with Crippen LogP contribution in [-0.4, -0.2) is 112 Å². The Balaban J connectivity index is 0.618. The number of rotatable bonds is 30. The molecule has 15 aromatic rings. The van der Waals surface area contributed by atoms with E-state index in [0.717, 1.165) is 205 Å². The number of carbonyl (C=O) groups excluding carboxylic acids is 4. The van der Waals surface area contributed by atoms with Gasteiger partial charge < -0.3 is 56.5 Å². The Bertz CT molecular complexity index is 6860. The van der Waals surface area contributed by atoms with Crippen LogP contribution in [0.5, 0.6) is 11.5 Å². The molecule has 22 nitrogen and oxygen atoms in total. The van der Waals surface area contributed by atoms with Crippen molar-refractivity contribution in [2.45, 2.75) is 174 Å². The third kappa shape index (κ3) is 16.5. The van der Waals surface area contributed by atoms with E-state index in [-0.39, 0.29) is 71.1 Å². The number of piperidine rings is 2. The Morgan fingerprint density at radius 1 is 0.306 bits per heavy atom. The van der Waals surface area contributed by atoms with Crippen molar-refractivity contribution in [3.8, 4) is 11.5 Å². The molecule has 0 N–H and O–H groups in total. The SMILES string of the molecule is CCCN1C(=O)c2ccc3c4c(N5CCC(CCOc6cc(CN(CC)c7cc8oc(=O)cc(C)c8cc7C)cc(CN(CC)c7cc8oc(=O)cc(C)c8cc7C)c6)CC5)cc5c6c(ccc(c7c(N8CCC(CCOc9cc(CN(CC)c%10cc%11oc(=O)cc(C)c%11cc%10C)cc(CN(CC)c%10cc%11oc(=O)cc(C)c%11cc%10C)c9)CC8)cc(c2c37)C1=O)c64)C(=O)N(CCC)C5=O. The minimum atomic E-state index is -0.386. The highest BCUT2D eigenvalue weighted by atomic mass is 16.5. The first-order valence-corrected chi connectivity index (χ1v) is 47.9. The molecule has 134 heavy (non-hydrogen) atoms. The van der Waals surface area contributed by atoms with Gasteiger partial charge in [0.1, 0.15) is 33.8 Å². The first-order valence-electron chi connectivity index (χ1n) is 47.9. The summed E-state index contributed by atoms with van der Waals surface area (Å²) in [5, 5.41) is 9.99. The number of fused-ring (bicyclic) bond motifs is 6. The summed E-state index contributed by atoms with van der Waals surface area (Å²) in [5.74, 6) is 0.756. The predicted octanol–water partition coefficient (Wildman–Crippen LogP) is 22.1. The molecule has 4 amide bonds. The van der Waals surface area contributed by atoms with Gasteiger partial charge in [-0.05, 0) is 297 Å². The summed E-state index contributed by atoms with van der Waals surface area (Å²) in [4.78, 5) is 129. The van der Waals surface area contributed by atoms with E-state index in [9.17, 15) is 19.2 Å². The highest BCUT2D eigenvalue weighted by Crippen LogP contribution is 2.54. The molecule has 19 rings (SSSR count). The number of nitrogens with zero attached hydrogens (tertiary/aromatic N) is 8. The summed E-state index contributed by atoms with van der Waals surface area (Å²) in [6, 6.07) is 47.5. The average molecular weight is 1800 g/mol. The van der Waals surface area contributed by atoms with Gasteiger partial charge in [0, 0.05) is 239 Å². The van der Waals surface area contributed by atoms with Crippen molar-refractivity contribution >= 4 is 145 Å². The minimum absolute atomic E-state index is 0.264. The van der Waals surface area contributed by atoms with Crippen LogP contribution in [0.1, 0.15) is 201 Å². The van der Waals surface area contributed by atoms with E-state index in [1.165, 1.54) is 34.1 Å². The van der Waals surface area contributed by atoms with Crippen LogP contribution in [-0.2, 0) is 26.2 Å². The Morgan fingerprint density at radius 2 is 0.590 bits per heavy atom. The fraction of sp³-hybridized carbons (Fsp3) is 0.357. The maximum absolute atomic E-state index is 15.4. The number of carbonyl (C=O) groups is 4. The monoisotopic (exact) mass is 1800 g/mol. The number of hydrogen-bond donors (Lipinski definition) is 0. The lowest BCUT2D eigenvalue weighted by Crippen LogP contribution is -2.41. The lowest BCUT2D eigenvalue weighted by Gasteiger charge is -2.38. The van der Waals surface area contributed by atoms with Gasteiger partial charge >= 0.3 is 22.5 Å². The average Bonchev–Trinajstić information content (AvgIpc) is 0.675. The first-order chi connectivity index (χ1) is 64.7. The van der Waals surface area contributed by atoms with Crippen molar-refractivity contribution in [1.29, 1.82) is 0 Å². The van der Waals surface area contributed by atoms with E-state index < -0.39 is 0 Å². The zero-order valence-corrected chi connectivity index (χ0v) is 79.3. The van der Waals surface area contributed by atoms with E-state index in [2.05, 4.69) is 158 Å². The molecule has 22 heteroatoms. The maximum Gasteiger partial charge on any atom is 0.336 e. The lowest BCUT2D eigenvalue weighted by atomic mass is 9.80. The van der Waals surface area contributed by atoms with Gasteiger partial charge in [0.2, 0.25) is 0 Å². The molecule has 2 fully saturated rings. The molecule has 0 aliphatic carbocycles. The predicted molar refractivity (Wildman–Crippen MR) is 537 cm³/mol. The topological polar surface area (TPSA) is 234 Å². The summed E-state index contributed by atoms with van der Waals surface area (Å²) in [6.45, 7) is 37.6. The standard InChI is InChI=1S/C112H116N8O14/c1-15-31-119-109(125)81-23-21-79-106-94(118-35-27-72(28-36-118)30-38-130-78-51-75(61-115(19-5)91-57-97-85(41-69(91)13)65(9)45-101(123)133-97)48-76(52-78)62-116(20-6)92-58-98-86(42-70(92)14)66(10)46-102(124)134-98)54-88-104-82(110(126)120(32-16-2)112(88)128)24-22-80(108(104)106)105-93(53-87(111(119)127)103(81)107(79)105)117-33-25-71(26-34-117)29-37-129-77-49-73(59-113(17-3)89-55-95-83(39-67(89)11)63(7)43-99(121)131-95)47-74(50-77)60-114(18-4)90-56-96-84(40-68(90)12)64(8)44-100(122)132-96/h21-24,39-58,71-72H,15-20,25-38,59-62H2,1-14H3. The Kier molecular flexibility index (Phi) is 24.2. The molecule has 0 bridgehead atoms.